The number of para-hydroxylation sites is 1. The molecule has 0 aliphatic heterocycles. The molecular formula is C19H10N2O3. The molecule has 0 amide bonds. The van der Waals surface area contributed by atoms with Gasteiger partial charge >= 0.3 is 0 Å². The molecule has 0 bridgehead atoms. The molecule has 5 aromatic rings. The Labute approximate surface area is 135 Å². The van der Waals surface area contributed by atoms with E-state index in [1.54, 1.807) is 24.3 Å². The Balaban J connectivity index is 2.17. The maximum Gasteiger partial charge on any atom is 0.277 e. The van der Waals surface area contributed by atoms with Crippen LogP contribution in [0.15, 0.2) is 60.7 Å². The van der Waals surface area contributed by atoms with Gasteiger partial charge in [-0.2, -0.15) is 4.73 Å². The number of non-ortho nitro benzene ring substituents is 1. The van der Waals surface area contributed by atoms with Gasteiger partial charge in [0.25, 0.3) is 5.69 Å². The van der Waals surface area contributed by atoms with Gasteiger partial charge in [0.15, 0.2) is 0 Å². The predicted molar refractivity (Wildman–Crippen MR) is 93.3 cm³/mol. The molecule has 24 heavy (non-hydrogen) atoms. The first kappa shape index (κ1) is 13.0. The van der Waals surface area contributed by atoms with Gasteiger partial charge in [-0.05, 0) is 23.6 Å². The first-order valence-corrected chi connectivity index (χ1v) is 7.53. The van der Waals surface area contributed by atoms with Crippen LogP contribution in [0.2, 0.25) is 0 Å². The third-order valence-electron chi connectivity index (χ3n) is 4.70. The van der Waals surface area contributed by atoms with Crippen molar-refractivity contribution in [3.8, 4) is 0 Å². The molecule has 0 aliphatic carbocycles. The molecule has 114 valence electrons. The van der Waals surface area contributed by atoms with Crippen LogP contribution in [0.5, 0.6) is 0 Å². The minimum atomic E-state index is -0.380. The summed E-state index contributed by atoms with van der Waals surface area (Å²) in [5.74, 6) is 0. The lowest BCUT2D eigenvalue weighted by atomic mass is 9.94. The topological polar surface area (TPSA) is 70.1 Å². The van der Waals surface area contributed by atoms with E-state index >= 15 is 0 Å². The summed E-state index contributed by atoms with van der Waals surface area (Å²) in [6.45, 7) is 0. The van der Waals surface area contributed by atoms with E-state index in [0.29, 0.717) is 16.4 Å². The van der Waals surface area contributed by atoms with E-state index in [-0.39, 0.29) is 10.6 Å². The third kappa shape index (κ3) is 1.46. The molecule has 4 aromatic carbocycles. The van der Waals surface area contributed by atoms with Crippen LogP contribution >= 0.6 is 0 Å². The number of benzene rings is 4. The summed E-state index contributed by atoms with van der Waals surface area (Å²) in [6, 6.07) is 18.0. The molecule has 0 spiro atoms. The highest BCUT2D eigenvalue weighted by atomic mass is 16.6. The van der Waals surface area contributed by atoms with Crippen LogP contribution in [0.1, 0.15) is 0 Å². The van der Waals surface area contributed by atoms with Crippen molar-refractivity contribution in [2.45, 2.75) is 0 Å². The van der Waals surface area contributed by atoms with Crippen LogP contribution in [-0.2, 0) is 0 Å². The van der Waals surface area contributed by atoms with E-state index in [2.05, 4.69) is 0 Å². The Morgan fingerprint density at radius 1 is 0.750 bits per heavy atom. The molecule has 0 radical (unpaired) electrons. The molecule has 1 heterocycles. The molecule has 0 saturated carbocycles. The summed E-state index contributed by atoms with van der Waals surface area (Å²) in [6.07, 6.45) is 0. The summed E-state index contributed by atoms with van der Waals surface area (Å²) in [4.78, 5) is 11.0. The second kappa shape index (κ2) is 4.29. The SMILES string of the molecule is O=[N+]([O-])c1ccc2ccc3c4ccccc4[n+]([O-])c4ccc1c2c34. The van der Waals surface area contributed by atoms with Crippen molar-refractivity contribution in [1.29, 1.82) is 0 Å². The Hall–Kier alpha value is -3.47. The fourth-order valence-electron chi connectivity index (χ4n) is 3.68. The number of nitrogens with zero attached hydrogens (tertiary/aromatic N) is 2. The van der Waals surface area contributed by atoms with Crippen molar-refractivity contribution in [1.82, 2.24) is 0 Å². The van der Waals surface area contributed by atoms with E-state index in [1.807, 2.05) is 30.3 Å². The average molecular weight is 314 g/mol. The lowest BCUT2D eigenvalue weighted by molar-refractivity contribution is -0.547. The fraction of sp³-hybridized carbons (Fsp3) is 0. The maximum absolute atomic E-state index is 12.8. The van der Waals surface area contributed by atoms with Crippen molar-refractivity contribution < 1.29 is 9.65 Å². The van der Waals surface area contributed by atoms with Gasteiger partial charge in [0, 0.05) is 29.0 Å². The van der Waals surface area contributed by atoms with Gasteiger partial charge in [0.2, 0.25) is 11.0 Å². The van der Waals surface area contributed by atoms with Crippen LogP contribution < -0.4 is 4.73 Å². The van der Waals surface area contributed by atoms with E-state index in [4.69, 9.17) is 0 Å². The van der Waals surface area contributed by atoms with Crippen molar-refractivity contribution in [2.24, 2.45) is 0 Å². The molecular weight excluding hydrogens is 304 g/mol. The zero-order valence-corrected chi connectivity index (χ0v) is 12.4. The zero-order valence-electron chi connectivity index (χ0n) is 12.4. The monoisotopic (exact) mass is 314 g/mol. The summed E-state index contributed by atoms with van der Waals surface area (Å²) >= 11 is 0. The number of hydrogen-bond donors (Lipinski definition) is 0. The van der Waals surface area contributed by atoms with Gasteiger partial charge in [0.1, 0.15) is 0 Å². The Morgan fingerprint density at radius 2 is 1.50 bits per heavy atom. The van der Waals surface area contributed by atoms with Gasteiger partial charge in [0.05, 0.1) is 21.1 Å². The number of pyridine rings is 1. The number of hydrogen-bond acceptors (Lipinski definition) is 3. The molecule has 0 unspecified atom stereocenters. The summed E-state index contributed by atoms with van der Waals surface area (Å²) in [5, 5.41) is 29.0. The Morgan fingerprint density at radius 3 is 2.33 bits per heavy atom. The van der Waals surface area contributed by atoms with Crippen molar-refractivity contribution in [3.05, 3.63) is 76.0 Å². The number of rotatable bonds is 1. The number of aromatic nitrogens is 1. The van der Waals surface area contributed by atoms with Gasteiger partial charge in [-0.1, -0.05) is 24.3 Å². The molecule has 0 fully saturated rings. The van der Waals surface area contributed by atoms with Crippen LogP contribution in [0.25, 0.3) is 43.4 Å². The molecule has 5 rings (SSSR count). The summed E-state index contributed by atoms with van der Waals surface area (Å²) in [5.41, 5.74) is 1.18. The van der Waals surface area contributed by atoms with E-state index in [0.717, 1.165) is 31.7 Å². The maximum atomic E-state index is 12.8. The number of fused-ring (bicyclic) bond motifs is 2. The smallest absolute Gasteiger partial charge is 0.277 e. The second-order valence-electron chi connectivity index (χ2n) is 5.87. The highest BCUT2D eigenvalue weighted by Gasteiger charge is 2.22. The van der Waals surface area contributed by atoms with Crippen LogP contribution in [-0.4, -0.2) is 4.92 Å². The minimum absolute atomic E-state index is 0.0579. The van der Waals surface area contributed by atoms with E-state index in [1.165, 1.54) is 6.07 Å². The first-order chi connectivity index (χ1) is 11.7. The number of nitro benzene ring substituents is 1. The van der Waals surface area contributed by atoms with Gasteiger partial charge in [-0.3, -0.25) is 10.1 Å². The lowest BCUT2D eigenvalue weighted by Gasteiger charge is -2.13. The second-order valence-corrected chi connectivity index (χ2v) is 5.87. The lowest BCUT2D eigenvalue weighted by Crippen LogP contribution is -2.28. The molecule has 0 N–H and O–H groups in total. The fourth-order valence-corrected chi connectivity index (χ4v) is 3.68. The zero-order chi connectivity index (χ0) is 16.4. The highest BCUT2D eigenvalue weighted by molar-refractivity contribution is 6.27. The van der Waals surface area contributed by atoms with Gasteiger partial charge in [-0.25, -0.2) is 0 Å². The quantitative estimate of drug-likeness (QED) is 0.116. The third-order valence-corrected chi connectivity index (χ3v) is 4.70. The summed E-state index contributed by atoms with van der Waals surface area (Å²) in [7, 11) is 0. The first-order valence-electron chi connectivity index (χ1n) is 7.53. The van der Waals surface area contributed by atoms with Crippen LogP contribution in [0, 0.1) is 15.3 Å². The predicted octanol–water partition coefficient (Wildman–Crippen LogP) is 4.28. The summed E-state index contributed by atoms with van der Waals surface area (Å²) < 4.78 is 0.912. The van der Waals surface area contributed by atoms with Crippen molar-refractivity contribution in [3.63, 3.8) is 0 Å². The Bertz CT molecular complexity index is 1290. The minimum Gasteiger partial charge on any atom is -0.618 e. The van der Waals surface area contributed by atoms with Crippen LogP contribution in [0.3, 0.4) is 0 Å². The normalized spacial score (nSPS) is 11.8. The molecule has 0 atom stereocenters. The number of nitro groups is 1. The molecule has 5 heteroatoms. The van der Waals surface area contributed by atoms with Gasteiger partial charge in [-0.15, -0.1) is 0 Å². The standard InChI is InChI=1S/C19H10N2O3/c22-20-15-4-2-1-3-12(15)13-7-5-11-6-9-16(21(23)24)14-8-10-17(20)19(13)18(11)14/h1-10H. The average Bonchev–Trinajstić information content (AvgIpc) is 2.61. The molecule has 0 saturated heterocycles. The van der Waals surface area contributed by atoms with E-state index in [9.17, 15) is 15.3 Å². The Kier molecular flexibility index (Phi) is 2.33. The van der Waals surface area contributed by atoms with E-state index < -0.39 is 0 Å². The van der Waals surface area contributed by atoms with Gasteiger partial charge < -0.3 is 5.21 Å². The van der Waals surface area contributed by atoms with Crippen molar-refractivity contribution in [2.75, 3.05) is 0 Å². The van der Waals surface area contributed by atoms with Crippen molar-refractivity contribution >= 4 is 49.0 Å². The molecule has 0 aliphatic rings. The van der Waals surface area contributed by atoms with Crippen LogP contribution in [0.4, 0.5) is 5.69 Å². The molecule has 1 aromatic heterocycles. The molecule has 5 nitrogen and oxygen atoms in total. The highest BCUT2D eigenvalue weighted by Crippen LogP contribution is 2.39. The largest absolute Gasteiger partial charge is 0.618 e.